The van der Waals surface area contributed by atoms with Gasteiger partial charge in [-0.2, -0.15) is 0 Å². The average Bonchev–Trinajstić information content (AvgIpc) is 3.98. The van der Waals surface area contributed by atoms with E-state index in [1.165, 1.54) is 42.8 Å². The van der Waals surface area contributed by atoms with Crippen LogP contribution in [0.2, 0.25) is 0 Å². The summed E-state index contributed by atoms with van der Waals surface area (Å²) in [5.74, 6) is 1.80. The first-order chi connectivity index (χ1) is 27.7. The molecule has 1 spiro atoms. The van der Waals surface area contributed by atoms with E-state index in [9.17, 15) is 0 Å². The Morgan fingerprint density at radius 2 is 0.821 bits per heavy atom. The number of thiazole rings is 2. The molecule has 1 aliphatic heterocycles. The Hall–Kier alpha value is -6.66. The van der Waals surface area contributed by atoms with Crippen LogP contribution in [-0.2, 0) is 5.41 Å². The second-order valence-corrected chi connectivity index (χ2v) is 16.6. The Balaban J connectivity index is 0.988. The van der Waals surface area contributed by atoms with Gasteiger partial charge in [-0.1, -0.05) is 121 Å². The normalized spacial score (nSPS) is 13.3. The number of benzene rings is 8. The number of para-hydroxylation sites is 3. The fourth-order valence-corrected chi connectivity index (χ4v) is 10.8. The van der Waals surface area contributed by atoms with E-state index in [1.54, 1.807) is 22.7 Å². The molecule has 5 heteroatoms. The van der Waals surface area contributed by atoms with E-state index in [-0.39, 0.29) is 0 Å². The number of hydrogen-bond acceptors (Lipinski definition) is 5. The van der Waals surface area contributed by atoms with Crippen LogP contribution in [0.25, 0.3) is 75.0 Å². The molecule has 2 aromatic heterocycles. The van der Waals surface area contributed by atoms with Crippen LogP contribution in [0.3, 0.4) is 0 Å². The summed E-state index contributed by atoms with van der Waals surface area (Å²) in [7, 11) is 0. The highest BCUT2D eigenvalue weighted by atomic mass is 32.1. The molecule has 0 unspecified atom stereocenters. The third-order valence-electron chi connectivity index (χ3n) is 11.4. The van der Waals surface area contributed by atoms with Crippen molar-refractivity contribution in [1.82, 2.24) is 9.97 Å². The van der Waals surface area contributed by atoms with Crippen LogP contribution in [0, 0.1) is 0 Å². The summed E-state index contributed by atoms with van der Waals surface area (Å²) in [6.45, 7) is 0. The summed E-state index contributed by atoms with van der Waals surface area (Å²) >= 11 is 3.46. The molecule has 0 bridgehead atoms. The van der Waals surface area contributed by atoms with Crippen molar-refractivity contribution in [2.75, 3.05) is 0 Å². The van der Waals surface area contributed by atoms with E-state index in [1.807, 2.05) is 0 Å². The molecule has 0 saturated carbocycles. The minimum absolute atomic E-state index is 0.495. The Bertz CT molecular complexity index is 2990. The van der Waals surface area contributed by atoms with Gasteiger partial charge in [-0.05, 0) is 105 Å². The van der Waals surface area contributed by atoms with Crippen molar-refractivity contribution in [2.24, 2.45) is 0 Å². The smallest absolute Gasteiger partial charge is 0.132 e. The van der Waals surface area contributed by atoms with Gasteiger partial charge in [0.15, 0.2) is 0 Å². The molecule has 2 aliphatic rings. The molecule has 0 amide bonds. The van der Waals surface area contributed by atoms with Crippen LogP contribution < -0.4 is 4.74 Å². The summed E-state index contributed by atoms with van der Waals surface area (Å²) in [5.41, 5.74) is 15.8. The zero-order valence-corrected chi connectivity index (χ0v) is 31.6. The van der Waals surface area contributed by atoms with Crippen molar-refractivity contribution in [3.63, 3.8) is 0 Å². The van der Waals surface area contributed by atoms with Crippen LogP contribution >= 0.6 is 22.7 Å². The van der Waals surface area contributed by atoms with Crippen LogP contribution in [0.1, 0.15) is 22.3 Å². The second-order valence-electron chi connectivity index (χ2n) is 14.5. The Labute approximate surface area is 331 Å². The van der Waals surface area contributed by atoms with Gasteiger partial charge in [0, 0.05) is 22.3 Å². The topological polar surface area (TPSA) is 35.0 Å². The van der Waals surface area contributed by atoms with Crippen molar-refractivity contribution < 1.29 is 4.74 Å². The van der Waals surface area contributed by atoms with E-state index >= 15 is 0 Å². The van der Waals surface area contributed by atoms with Crippen LogP contribution in [0.4, 0.5) is 0 Å². The number of rotatable bonds is 4. The van der Waals surface area contributed by atoms with Crippen LogP contribution in [-0.4, -0.2) is 9.97 Å². The molecule has 8 aromatic carbocycles. The van der Waals surface area contributed by atoms with Gasteiger partial charge < -0.3 is 4.74 Å². The number of nitrogens with zero attached hydrogens (tertiary/aromatic N) is 2. The zero-order valence-electron chi connectivity index (χ0n) is 29.9. The van der Waals surface area contributed by atoms with Gasteiger partial charge in [0.1, 0.15) is 21.5 Å². The van der Waals surface area contributed by atoms with Gasteiger partial charge in [-0.25, -0.2) is 9.97 Å². The lowest BCUT2D eigenvalue weighted by molar-refractivity contribution is 0.436. The molecule has 0 atom stereocenters. The number of hydrogen-bond donors (Lipinski definition) is 0. The molecule has 0 saturated heterocycles. The van der Waals surface area contributed by atoms with E-state index in [2.05, 4.69) is 182 Å². The summed E-state index contributed by atoms with van der Waals surface area (Å²) in [4.78, 5) is 10.1. The predicted molar refractivity (Wildman–Crippen MR) is 232 cm³/mol. The molecule has 56 heavy (non-hydrogen) atoms. The monoisotopic (exact) mass is 750 g/mol. The van der Waals surface area contributed by atoms with Crippen LogP contribution in [0.5, 0.6) is 11.5 Å². The van der Waals surface area contributed by atoms with E-state index < -0.39 is 5.41 Å². The summed E-state index contributed by atoms with van der Waals surface area (Å²) in [5, 5.41) is 2.02. The van der Waals surface area contributed by atoms with E-state index in [4.69, 9.17) is 14.7 Å². The predicted octanol–water partition coefficient (Wildman–Crippen LogP) is 14.0. The van der Waals surface area contributed by atoms with Crippen molar-refractivity contribution in [1.29, 1.82) is 0 Å². The maximum Gasteiger partial charge on any atom is 0.132 e. The third kappa shape index (κ3) is 4.68. The molecule has 1 aliphatic carbocycles. The summed E-state index contributed by atoms with van der Waals surface area (Å²) < 4.78 is 9.06. The van der Waals surface area contributed by atoms with Gasteiger partial charge in [0.25, 0.3) is 0 Å². The lowest BCUT2D eigenvalue weighted by Crippen LogP contribution is -2.32. The average molecular weight is 751 g/mol. The molecular formula is C51H30N2OS2. The lowest BCUT2D eigenvalue weighted by Gasteiger charge is -2.39. The molecule has 0 fully saturated rings. The van der Waals surface area contributed by atoms with Crippen molar-refractivity contribution in [3.05, 3.63) is 204 Å². The van der Waals surface area contributed by atoms with Gasteiger partial charge >= 0.3 is 0 Å². The first kappa shape index (κ1) is 31.7. The highest BCUT2D eigenvalue weighted by molar-refractivity contribution is 7.22. The summed E-state index contributed by atoms with van der Waals surface area (Å²) in [6, 6.07) is 65.5. The lowest BCUT2D eigenvalue weighted by atomic mass is 9.66. The number of fused-ring (bicyclic) bond motifs is 11. The van der Waals surface area contributed by atoms with E-state index in [0.29, 0.717) is 0 Å². The minimum atomic E-state index is -0.495. The Morgan fingerprint density at radius 3 is 1.43 bits per heavy atom. The molecule has 3 nitrogen and oxygen atoms in total. The largest absolute Gasteiger partial charge is 0.457 e. The first-order valence-electron chi connectivity index (χ1n) is 18.8. The standard InChI is InChI=1S/C51H30N2OS2/c1-3-13-39-37(11-1)38-12-2-4-14-40(38)51(39)41-15-5-8-18-45(41)54-46-26-25-33(30-42(46)51)31-21-23-32(24-22-31)34-27-35(49-52-43-16-6-9-19-47(43)55-49)29-36(28-34)50-53-44-17-7-10-20-48(44)56-50/h1-30H. The molecule has 3 heterocycles. The van der Waals surface area contributed by atoms with Gasteiger partial charge in [-0.3, -0.25) is 0 Å². The number of aromatic nitrogens is 2. The van der Waals surface area contributed by atoms with Crippen molar-refractivity contribution in [2.45, 2.75) is 5.41 Å². The molecule has 12 rings (SSSR count). The summed E-state index contributed by atoms with van der Waals surface area (Å²) in [6.07, 6.45) is 0. The highest BCUT2D eigenvalue weighted by Crippen LogP contribution is 2.62. The first-order valence-corrected chi connectivity index (χ1v) is 20.4. The molecule has 10 aromatic rings. The fraction of sp³-hybridized carbons (Fsp3) is 0.0196. The molecule has 0 radical (unpaired) electrons. The molecule has 262 valence electrons. The van der Waals surface area contributed by atoms with E-state index in [0.717, 1.165) is 65.9 Å². The SMILES string of the molecule is c1ccc2c(c1)Oc1ccc(-c3ccc(-c4cc(-c5nc6ccccc6s5)cc(-c5nc6ccccc6s5)c4)cc3)cc1C21c2ccccc2-c2ccccc21. The zero-order chi connectivity index (χ0) is 36.8. The quantitative estimate of drug-likeness (QED) is 0.180. The fourth-order valence-electron chi connectivity index (χ4n) is 8.92. The second kappa shape index (κ2) is 12.2. The maximum atomic E-state index is 6.69. The van der Waals surface area contributed by atoms with Gasteiger partial charge in [0.05, 0.1) is 25.8 Å². The maximum absolute atomic E-state index is 6.69. The third-order valence-corrected chi connectivity index (χ3v) is 13.6. The Morgan fingerprint density at radius 1 is 0.357 bits per heavy atom. The molecule has 0 N–H and O–H groups in total. The van der Waals surface area contributed by atoms with Crippen molar-refractivity contribution >= 4 is 43.1 Å². The molecular weight excluding hydrogens is 721 g/mol. The van der Waals surface area contributed by atoms with Crippen LogP contribution in [0.15, 0.2) is 182 Å². The van der Waals surface area contributed by atoms with Gasteiger partial charge in [-0.15, -0.1) is 22.7 Å². The van der Waals surface area contributed by atoms with Crippen molar-refractivity contribution in [3.8, 4) is 66.0 Å². The minimum Gasteiger partial charge on any atom is -0.457 e. The van der Waals surface area contributed by atoms with Gasteiger partial charge in [0.2, 0.25) is 0 Å². The number of ether oxygens (including phenoxy) is 1. The Kier molecular flexibility index (Phi) is 6.88. The highest BCUT2D eigenvalue weighted by Gasteiger charge is 2.51.